The van der Waals surface area contributed by atoms with E-state index in [2.05, 4.69) is 5.32 Å². The average Bonchev–Trinajstić information content (AvgIpc) is 2.56. The molecule has 0 aromatic carbocycles. The highest BCUT2D eigenvalue weighted by Gasteiger charge is 2.28. The quantitative estimate of drug-likeness (QED) is 0.801. The van der Waals surface area contributed by atoms with Gasteiger partial charge in [0.25, 0.3) is 0 Å². The molecular formula is C11H22N2O2S. The summed E-state index contributed by atoms with van der Waals surface area (Å²) in [6.07, 6.45) is 5.42. The zero-order valence-corrected chi connectivity index (χ0v) is 10.6. The summed E-state index contributed by atoms with van der Waals surface area (Å²) in [5.74, 6) is 0.674. The fourth-order valence-corrected chi connectivity index (χ4v) is 4.49. The molecule has 2 saturated heterocycles. The molecule has 0 aromatic rings. The Labute approximate surface area is 98.4 Å². The maximum Gasteiger partial charge on any atom is 0.214 e. The zero-order chi connectivity index (χ0) is 11.4. The Hall–Kier alpha value is -0.130. The Balaban J connectivity index is 1.93. The lowest BCUT2D eigenvalue weighted by atomic mass is 10.2. The van der Waals surface area contributed by atoms with Gasteiger partial charge in [0.15, 0.2) is 0 Å². The van der Waals surface area contributed by atoms with Crippen molar-refractivity contribution < 1.29 is 8.42 Å². The molecule has 4 nitrogen and oxygen atoms in total. The second-order valence-electron chi connectivity index (χ2n) is 4.95. The molecule has 1 N–H and O–H groups in total. The molecule has 0 radical (unpaired) electrons. The van der Waals surface area contributed by atoms with E-state index in [0.717, 1.165) is 45.4 Å². The summed E-state index contributed by atoms with van der Waals surface area (Å²) in [6.45, 7) is 3.32. The largest absolute Gasteiger partial charge is 0.316 e. The first-order valence-electron chi connectivity index (χ1n) is 6.37. The lowest BCUT2D eigenvalue weighted by Gasteiger charge is -2.21. The number of rotatable bonds is 3. The van der Waals surface area contributed by atoms with Gasteiger partial charge in [0, 0.05) is 13.1 Å². The van der Waals surface area contributed by atoms with Crippen LogP contribution in [-0.2, 0) is 10.0 Å². The van der Waals surface area contributed by atoms with E-state index in [9.17, 15) is 8.42 Å². The highest BCUT2D eigenvalue weighted by atomic mass is 32.2. The Kier molecular flexibility index (Phi) is 4.21. The first-order valence-corrected chi connectivity index (χ1v) is 7.98. The predicted octanol–water partition coefficient (Wildman–Crippen LogP) is 0.802. The molecule has 2 fully saturated rings. The molecule has 0 aromatic heterocycles. The third-order valence-corrected chi connectivity index (χ3v) is 5.61. The predicted molar refractivity (Wildman–Crippen MR) is 64.8 cm³/mol. The highest BCUT2D eigenvalue weighted by molar-refractivity contribution is 7.89. The van der Waals surface area contributed by atoms with Crippen molar-refractivity contribution in [1.29, 1.82) is 0 Å². The first kappa shape index (κ1) is 12.3. The molecule has 2 aliphatic rings. The number of nitrogens with zero attached hydrogens (tertiary/aromatic N) is 1. The molecule has 2 heterocycles. The average molecular weight is 246 g/mol. The topological polar surface area (TPSA) is 49.4 Å². The van der Waals surface area contributed by atoms with Crippen LogP contribution < -0.4 is 5.32 Å². The summed E-state index contributed by atoms with van der Waals surface area (Å²) in [5.41, 5.74) is 0. The first-order chi connectivity index (χ1) is 7.68. The lowest BCUT2D eigenvalue weighted by molar-refractivity contribution is 0.417. The van der Waals surface area contributed by atoms with Gasteiger partial charge in [-0.1, -0.05) is 12.8 Å². The fraction of sp³-hybridized carbons (Fsp3) is 1.00. The van der Waals surface area contributed by atoms with Gasteiger partial charge >= 0.3 is 0 Å². The highest BCUT2D eigenvalue weighted by Crippen LogP contribution is 2.17. The van der Waals surface area contributed by atoms with Crippen LogP contribution in [0.3, 0.4) is 0 Å². The van der Waals surface area contributed by atoms with Gasteiger partial charge in [-0.2, -0.15) is 0 Å². The smallest absolute Gasteiger partial charge is 0.214 e. The SMILES string of the molecule is O=S(=O)(CC1CCNC1)N1CCCCCC1. The van der Waals surface area contributed by atoms with E-state index in [4.69, 9.17) is 0 Å². The standard InChI is InChI=1S/C11H22N2O2S/c14-16(15,10-11-5-6-12-9-11)13-7-3-1-2-4-8-13/h11-12H,1-10H2. The van der Waals surface area contributed by atoms with Crippen molar-refractivity contribution >= 4 is 10.0 Å². The second kappa shape index (κ2) is 5.47. The van der Waals surface area contributed by atoms with E-state index in [1.165, 1.54) is 12.8 Å². The summed E-state index contributed by atoms with van der Waals surface area (Å²) < 4.78 is 26.1. The minimum absolute atomic E-state index is 0.327. The van der Waals surface area contributed by atoms with Gasteiger partial charge in [0.05, 0.1) is 5.75 Å². The van der Waals surface area contributed by atoms with Gasteiger partial charge in [0.2, 0.25) is 10.0 Å². The summed E-state index contributed by atoms with van der Waals surface area (Å²) in [5, 5.41) is 3.23. The molecule has 5 heteroatoms. The molecule has 0 saturated carbocycles. The second-order valence-corrected chi connectivity index (χ2v) is 6.96. The Morgan fingerprint density at radius 2 is 1.81 bits per heavy atom. The van der Waals surface area contributed by atoms with Gasteiger partial charge < -0.3 is 5.32 Å². The van der Waals surface area contributed by atoms with Gasteiger partial charge in [-0.25, -0.2) is 12.7 Å². The van der Waals surface area contributed by atoms with E-state index in [1.807, 2.05) is 0 Å². The summed E-state index contributed by atoms with van der Waals surface area (Å²) in [6, 6.07) is 0. The van der Waals surface area contributed by atoms with Crippen LogP contribution >= 0.6 is 0 Å². The summed E-state index contributed by atoms with van der Waals surface area (Å²) >= 11 is 0. The third kappa shape index (κ3) is 3.18. The molecule has 2 aliphatic heterocycles. The molecule has 0 spiro atoms. The maximum atomic E-state index is 12.2. The molecule has 16 heavy (non-hydrogen) atoms. The van der Waals surface area contributed by atoms with E-state index in [0.29, 0.717) is 11.7 Å². The number of hydrogen-bond donors (Lipinski definition) is 1. The van der Waals surface area contributed by atoms with Crippen LogP contribution in [0.1, 0.15) is 32.1 Å². The number of hydrogen-bond acceptors (Lipinski definition) is 3. The molecule has 1 unspecified atom stereocenters. The van der Waals surface area contributed by atoms with Crippen LogP contribution in [0.4, 0.5) is 0 Å². The molecular weight excluding hydrogens is 224 g/mol. The van der Waals surface area contributed by atoms with Crippen molar-refractivity contribution in [3.63, 3.8) is 0 Å². The van der Waals surface area contributed by atoms with Gasteiger partial charge in [-0.15, -0.1) is 0 Å². The Morgan fingerprint density at radius 3 is 2.38 bits per heavy atom. The van der Waals surface area contributed by atoms with Crippen molar-refractivity contribution in [2.75, 3.05) is 31.9 Å². The minimum atomic E-state index is -3.00. The van der Waals surface area contributed by atoms with Crippen LogP contribution in [0.15, 0.2) is 0 Å². The normalized spacial score (nSPS) is 29.1. The summed E-state index contributed by atoms with van der Waals surface area (Å²) in [7, 11) is -3.00. The molecule has 0 aliphatic carbocycles. The van der Waals surface area contributed by atoms with Crippen molar-refractivity contribution in [1.82, 2.24) is 9.62 Å². The lowest BCUT2D eigenvalue weighted by Crippen LogP contribution is -2.36. The van der Waals surface area contributed by atoms with Gasteiger partial charge in [-0.3, -0.25) is 0 Å². The third-order valence-electron chi connectivity index (χ3n) is 3.57. The zero-order valence-electron chi connectivity index (χ0n) is 9.82. The summed E-state index contributed by atoms with van der Waals surface area (Å²) in [4.78, 5) is 0. The monoisotopic (exact) mass is 246 g/mol. The Morgan fingerprint density at radius 1 is 1.12 bits per heavy atom. The molecule has 1 atom stereocenters. The fourth-order valence-electron chi connectivity index (χ4n) is 2.58. The molecule has 0 bridgehead atoms. The van der Waals surface area contributed by atoms with Crippen LogP contribution in [-0.4, -0.2) is 44.7 Å². The van der Waals surface area contributed by atoms with Crippen molar-refractivity contribution in [3.8, 4) is 0 Å². The van der Waals surface area contributed by atoms with Crippen molar-refractivity contribution in [2.45, 2.75) is 32.1 Å². The maximum absolute atomic E-state index is 12.2. The van der Waals surface area contributed by atoms with Crippen LogP contribution in [0.2, 0.25) is 0 Å². The molecule has 0 amide bonds. The van der Waals surface area contributed by atoms with E-state index >= 15 is 0 Å². The van der Waals surface area contributed by atoms with E-state index in [-0.39, 0.29) is 0 Å². The van der Waals surface area contributed by atoms with E-state index in [1.54, 1.807) is 4.31 Å². The van der Waals surface area contributed by atoms with Crippen LogP contribution in [0, 0.1) is 5.92 Å². The number of sulfonamides is 1. The number of nitrogens with one attached hydrogen (secondary N) is 1. The Bertz CT molecular complexity index is 302. The van der Waals surface area contributed by atoms with Gasteiger partial charge in [-0.05, 0) is 38.3 Å². The molecule has 94 valence electrons. The molecule has 2 rings (SSSR count). The minimum Gasteiger partial charge on any atom is -0.316 e. The van der Waals surface area contributed by atoms with Gasteiger partial charge in [0.1, 0.15) is 0 Å². The van der Waals surface area contributed by atoms with Crippen LogP contribution in [0.5, 0.6) is 0 Å². The van der Waals surface area contributed by atoms with E-state index < -0.39 is 10.0 Å². The van der Waals surface area contributed by atoms with Crippen LogP contribution in [0.25, 0.3) is 0 Å². The van der Waals surface area contributed by atoms with Crippen molar-refractivity contribution in [3.05, 3.63) is 0 Å². The van der Waals surface area contributed by atoms with Crippen molar-refractivity contribution in [2.24, 2.45) is 5.92 Å².